The highest BCUT2D eigenvalue weighted by molar-refractivity contribution is 9.11. The Bertz CT molecular complexity index is 368. The molecule has 1 aromatic rings. The topological polar surface area (TPSA) is 33.1 Å². The van der Waals surface area contributed by atoms with Crippen molar-refractivity contribution in [1.82, 2.24) is 4.98 Å². The standard InChI is InChI=1S/C9H7Br2NO/c1-2-3-8(13)9-7(11)4-6(10)5-12-9/h4-5,8,13H,1H3. The maximum atomic E-state index is 9.51. The second-order valence-corrected chi connectivity index (χ2v) is 4.09. The molecular formula is C9H7Br2NO. The Kier molecular flexibility index (Phi) is 3.91. The molecule has 0 spiro atoms. The summed E-state index contributed by atoms with van der Waals surface area (Å²) < 4.78 is 1.61. The van der Waals surface area contributed by atoms with Gasteiger partial charge < -0.3 is 5.11 Å². The maximum Gasteiger partial charge on any atom is 0.158 e. The summed E-state index contributed by atoms with van der Waals surface area (Å²) >= 11 is 6.57. The normalized spacial score (nSPS) is 11.7. The van der Waals surface area contributed by atoms with E-state index in [0.29, 0.717) is 5.69 Å². The van der Waals surface area contributed by atoms with Gasteiger partial charge in [-0.05, 0) is 44.8 Å². The van der Waals surface area contributed by atoms with Gasteiger partial charge in [0, 0.05) is 15.1 Å². The van der Waals surface area contributed by atoms with Crippen molar-refractivity contribution in [2.45, 2.75) is 13.0 Å². The molecule has 1 rings (SSSR count). The number of aliphatic hydroxyl groups is 1. The monoisotopic (exact) mass is 303 g/mol. The van der Waals surface area contributed by atoms with E-state index in [1.54, 1.807) is 13.1 Å². The van der Waals surface area contributed by atoms with Crippen molar-refractivity contribution in [2.75, 3.05) is 0 Å². The summed E-state index contributed by atoms with van der Waals surface area (Å²) in [6.07, 6.45) is 0.799. The average Bonchev–Trinajstić information content (AvgIpc) is 2.04. The minimum Gasteiger partial charge on any atom is -0.374 e. The van der Waals surface area contributed by atoms with Crippen molar-refractivity contribution in [3.05, 3.63) is 26.9 Å². The zero-order valence-corrected chi connectivity index (χ0v) is 10.1. The summed E-state index contributed by atoms with van der Waals surface area (Å²) in [5, 5.41) is 9.51. The van der Waals surface area contributed by atoms with Crippen LogP contribution in [0.1, 0.15) is 18.7 Å². The molecule has 0 aromatic carbocycles. The lowest BCUT2D eigenvalue weighted by molar-refractivity contribution is 0.232. The van der Waals surface area contributed by atoms with Crippen molar-refractivity contribution >= 4 is 31.9 Å². The van der Waals surface area contributed by atoms with Crippen LogP contribution >= 0.6 is 31.9 Å². The third-order valence-corrected chi connectivity index (χ3v) is 2.45. The van der Waals surface area contributed by atoms with Crippen LogP contribution in [0.2, 0.25) is 0 Å². The van der Waals surface area contributed by atoms with Gasteiger partial charge in [-0.15, -0.1) is 5.92 Å². The van der Waals surface area contributed by atoms with Crippen molar-refractivity contribution in [3.63, 3.8) is 0 Å². The van der Waals surface area contributed by atoms with E-state index >= 15 is 0 Å². The van der Waals surface area contributed by atoms with Crippen LogP contribution in [0.3, 0.4) is 0 Å². The van der Waals surface area contributed by atoms with Gasteiger partial charge in [0.2, 0.25) is 0 Å². The maximum absolute atomic E-state index is 9.51. The van der Waals surface area contributed by atoms with Gasteiger partial charge in [-0.3, -0.25) is 4.98 Å². The first-order chi connectivity index (χ1) is 6.15. The Labute approximate surface area is 93.6 Å². The molecule has 0 radical (unpaired) electrons. The summed E-state index contributed by atoms with van der Waals surface area (Å²) in [4.78, 5) is 4.05. The third kappa shape index (κ3) is 2.80. The molecule has 1 unspecified atom stereocenters. The summed E-state index contributed by atoms with van der Waals surface area (Å²) in [6.45, 7) is 1.68. The van der Waals surface area contributed by atoms with Crippen molar-refractivity contribution in [1.29, 1.82) is 0 Å². The number of rotatable bonds is 1. The third-order valence-electron chi connectivity index (χ3n) is 1.38. The minimum absolute atomic E-state index is 0.539. The molecule has 0 saturated heterocycles. The van der Waals surface area contributed by atoms with E-state index in [1.165, 1.54) is 0 Å². The number of hydrogen-bond acceptors (Lipinski definition) is 2. The van der Waals surface area contributed by atoms with Crippen molar-refractivity contribution < 1.29 is 5.11 Å². The van der Waals surface area contributed by atoms with E-state index in [4.69, 9.17) is 0 Å². The van der Waals surface area contributed by atoms with Crippen LogP contribution in [0.25, 0.3) is 0 Å². The van der Waals surface area contributed by atoms with Crippen LogP contribution in [-0.2, 0) is 0 Å². The number of pyridine rings is 1. The molecule has 0 saturated carbocycles. The highest BCUT2D eigenvalue weighted by Crippen LogP contribution is 2.23. The molecule has 1 heterocycles. The summed E-state index contributed by atoms with van der Waals surface area (Å²) in [7, 11) is 0. The molecule has 4 heteroatoms. The zero-order valence-electron chi connectivity index (χ0n) is 6.88. The van der Waals surface area contributed by atoms with E-state index in [-0.39, 0.29) is 0 Å². The molecule has 2 nitrogen and oxygen atoms in total. The summed E-state index contributed by atoms with van der Waals surface area (Å²) in [5.41, 5.74) is 0.539. The van der Waals surface area contributed by atoms with Gasteiger partial charge >= 0.3 is 0 Å². The molecule has 0 aliphatic heterocycles. The predicted octanol–water partition coefficient (Wildman–Crippen LogP) is 2.66. The predicted molar refractivity (Wildman–Crippen MR) is 58.0 cm³/mol. The molecule has 0 bridgehead atoms. The molecule has 0 aliphatic carbocycles. The summed E-state index contributed by atoms with van der Waals surface area (Å²) in [6, 6.07) is 1.82. The zero-order chi connectivity index (χ0) is 9.84. The molecule has 13 heavy (non-hydrogen) atoms. The lowest BCUT2D eigenvalue weighted by Gasteiger charge is -2.05. The van der Waals surface area contributed by atoms with E-state index in [2.05, 4.69) is 48.7 Å². The van der Waals surface area contributed by atoms with Crippen LogP contribution in [0, 0.1) is 11.8 Å². The van der Waals surface area contributed by atoms with Crippen LogP contribution in [-0.4, -0.2) is 10.1 Å². The Morgan fingerprint density at radius 1 is 1.54 bits per heavy atom. The van der Waals surface area contributed by atoms with Gasteiger partial charge in [0.25, 0.3) is 0 Å². The molecule has 0 amide bonds. The van der Waals surface area contributed by atoms with E-state index in [0.717, 1.165) is 8.95 Å². The number of halogens is 2. The van der Waals surface area contributed by atoms with Crippen LogP contribution in [0.5, 0.6) is 0 Å². The van der Waals surface area contributed by atoms with Gasteiger partial charge in [0.1, 0.15) is 0 Å². The number of aromatic nitrogens is 1. The summed E-state index contributed by atoms with van der Waals surface area (Å²) in [5.74, 6) is 5.26. The van der Waals surface area contributed by atoms with E-state index in [1.807, 2.05) is 6.07 Å². The fraction of sp³-hybridized carbons (Fsp3) is 0.222. The molecular weight excluding hydrogens is 298 g/mol. The Morgan fingerprint density at radius 3 is 2.77 bits per heavy atom. The Balaban J connectivity index is 3.06. The fourth-order valence-corrected chi connectivity index (χ4v) is 2.04. The fourth-order valence-electron chi connectivity index (χ4n) is 0.831. The first-order valence-electron chi connectivity index (χ1n) is 3.56. The van der Waals surface area contributed by atoms with Gasteiger partial charge in [-0.25, -0.2) is 0 Å². The molecule has 1 aromatic heterocycles. The molecule has 1 atom stereocenters. The molecule has 1 N–H and O–H groups in total. The number of nitrogens with zero attached hydrogens (tertiary/aromatic N) is 1. The minimum atomic E-state index is -0.826. The first-order valence-corrected chi connectivity index (χ1v) is 5.15. The molecule has 68 valence electrons. The van der Waals surface area contributed by atoms with Crippen LogP contribution < -0.4 is 0 Å². The van der Waals surface area contributed by atoms with Crippen LogP contribution in [0.4, 0.5) is 0 Å². The molecule has 0 fully saturated rings. The Morgan fingerprint density at radius 2 is 2.23 bits per heavy atom. The first kappa shape index (κ1) is 10.7. The van der Waals surface area contributed by atoms with E-state index < -0.39 is 6.10 Å². The Hall–Kier alpha value is -0.370. The van der Waals surface area contributed by atoms with Crippen LogP contribution in [0.15, 0.2) is 21.2 Å². The highest BCUT2D eigenvalue weighted by atomic mass is 79.9. The quantitative estimate of drug-likeness (QED) is 0.809. The lowest BCUT2D eigenvalue weighted by atomic mass is 10.2. The second-order valence-electron chi connectivity index (χ2n) is 2.32. The average molecular weight is 305 g/mol. The largest absolute Gasteiger partial charge is 0.374 e. The van der Waals surface area contributed by atoms with Gasteiger partial charge in [-0.2, -0.15) is 0 Å². The highest BCUT2D eigenvalue weighted by Gasteiger charge is 2.09. The number of hydrogen-bond donors (Lipinski definition) is 1. The SMILES string of the molecule is CC#CC(O)c1ncc(Br)cc1Br. The van der Waals surface area contributed by atoms with Crippen molar-refractivity contribution in [3.8, 4) is 11.8 Å². The smallest absolute Gasteiger partial charge is 0.158 e. The second kappa shape index (κ2) is 4.75. The molecule has 0 aliphatic rings. The lowest BCUT2D eigenvalue weighted by Crippen LogP contribution is -1.98. The van der Waals surface area contributed by atoms with E-state index in [9.17, 15) is 5.11 Å². The van der Waals surface area contributed by atoms with Crippen molar-refractivity contribution in [2.24, 2.45) is 0 Å². The van der Waals surface area contributed by atoms with Gasteiger partial charge in [0.15, 0.2) is 6.10 Å². The van der Waals surface area contributed by atoms with Gasteiger partial charge in [-0.1, -0.05) is 5.92 Å². The van der Waals surface area contributed by atoms with Gasteiger partial charge in [0.05, 0.1) is 5.69 Å². The number of aliphatic hydroxyl groups excluding tert-OH is 1.